The molecule has 0 spiro atoms. The number of rotatable bonds is 9. The fourth-order valence-corrected chi connectivity index (χ4v) is 3.51. The van der Waals surface area contributed by atoms with Crippen LogP contribution >= 0.6 is 0 Å². The second-order valence-electron chi connectivity index (χ2n) is 7.58. The van der Waals surface area contributed by atoms with Gasteiger partial charge in [-0.15, -0.1) is 0 Å². The third-order valence-corrected chi connectivity index (χ3v) is 5.26. The molecule has 1 amide bonds. The van der Waals surface area contributed by atoms with Crippen LogP contribution in [0.5, 0.6) is 0 Å². The monoisotopic (exact) mass is 441 g/mol. The lowest BCUT2D eigenvalue weighted by Crippen LogP contribution is -2.43. The van der Waals surface area contributed by atoms with Crippen molar-refractivity contribution < 1.29 is 14.3 Å². The van der Waals surface area contributed by atoms with Crippen molar-refractivity contribution in [1.82, 2.24) is 5.32 Å². The molecular weight excluding hydrogens is 414 g/mol. The highest BCUT2D eigenvalue weighted by Crippen LogP contribution is 2.19. The van der Waals surface area contributed by atoms with Crippen LogP contribution < -0.4 is 11.1 Å². The fourth-order valence-electron chi connectivity index (χ4n) is 3.51. The van der Waals surface area contributed by atoms with Crippen molar-refractivity contribution in [3.05, 3.63) is 113 Å². The summed E-state index contributed by atoms with van der Waals surface area (Å²) in [6.45, 7) is 0. The van der Waals surface area contributed by atoms with Crippen LogP contribution in [0.4, 0.5) is 0 Å². The Labute approximate surface area is 193 Å². The number of methoxy groups -OCH3 is 1. The largest absolute Gasteiger partial charge is 0.469 e. The van der Waals surface area contributed by atoms with Gasteiger partial charge in [0.05, 0.1) is 19.1 Å². The van der Waals surface area contributed by atoms with Gasteiger partial charge >= 0.3 is 5.97 Å². The van der Waals surface area contributed by atoms with E-state index in [2.05, 4.69) is 5.32 Å². The van der Waals surface area contributed by atoms with Gasteiger partial charge in [0, 0.05) is 11.1 Å². The lowest BCUT2D eigenvalue weighted by molar-refractivity contribution is -0.145. The number of esters is 1. The summed E-state index contributed by atoms with van der Waals surface area (Å²) < 4.78 is 5.09. The minimum Gasteiger partial charge on any atom is -0.469 e. The van der Waals surface area contributed by atoms with E-state index in [1.807, 2.05) is 54.6 Å². The first-order valence-corrected chi connectivity index (χ1v) is 10.6. The molecule has 0 aliphatic heterocycles. The molecule has 4 N–H and O–H groups in total. The Morgan fingerprint density at radius 1 is 0.970 bits per heavy atom. The normalized spacial score (nSPS) is 12.6. The van der Waals surface area contributed by atoms with Gasteiger partial charge in [0.25, 0.3) is 5.91 Å². The molecule has 0 saturated carbocycles. The molecule has 0 radical (unpaired) electrons. The van der Waals surface area contributed by atoms with Crippen LogP contribution in [0.1, 0.15) is 27.0 Å². The van der Waals surface area contributed by atoms with Crippen molar-refractivity contribution in [1.29, 1.82) is 5.41 Å². The average molecular weight is 442 g/mol. The van der Waals surface area contributed by atoms with E-state index in [1.165, 1.54) is 7.11 Å². The SMILES string of the molecule is COC(=O)[C@@H](Cc1cccc(C(=N)N)c1)[C@@H](/C=C/c1ccccc1)NC(=O)c1ccccc1. The van der Waals surface area contributed by atoms with Crippen LogP contribution in [0, 0.1) is 11.3 Å². The summed E-state index contributed by atoms with van der Waals surface area (Å²) in [4.78, 5) is 25.8. The summed E-state index contributed by atoms with van der Waals surface area (Å²) in [5.74, 6) is -1.47. The van der Waals surface area contributed by atoms with E-state index >= 15 is 0 Å². The summed E-state index contributed by atoms with van der Waals surface area (Å²) in [5, 5.41) is 10.7. The molecule has 0 heterocycles. The molecule has 0 bridgehead atoms. The summed E-state index contributed by atoms with van der Waals surface area (Å²) >= 11 is 0. The fraction of sp³-hybridized carbons (Fsp3) is 0.148. The van der Waals surface area contributed by atoms with Crippen molar-refractivity contribution in [2.45, 2.75) is 12.5 Å². The standard InChI is InChI=1S/C27H27N3O3/c1-33-27(32)23(18-20-11-8-14-22(17-20)25(28)29)24(16-15-19-9-4-2-5-10-19)30-26(31)21-12-6-3-7-13-21/h2-17,23-24H,18H2,1H3,(H3,28,29)(H,30,31)/b16-15+/t23-,24+/m0/s1. The first-order valence-electron chi connectivity index (χ1n) is 10.6. The summed E-state index contributed by atoms with van der Waals surface area (Å²) in [5.41, 5.74) is 8.45. The van der Waals surface area contributed by atoms with Crippen LogP contribution in [0.25, 0.3) is 6.08 Å². The van der Waals surface area contributed by atoms with Crippen molar-refractivity contribution in [3.8, 4) is 0 Å². The third kappa shape index (κ3) is 6.64. The van der Waals surface area contributed by atoms with Crippen LogP contribution in [0.2, 0.25) is 0 Å². The van der Waals surface area contributed by atoms with E-state index in [0.717, 1.165) is 11.1 Å². The van der Waals surface area contributed by atoms with E-state index < -0.39 is 17.9 Å². The predicted molar refractivity (Wildman–Crippen MR) is 130 cm³/mol. The van der Waals surface area contributed by atoms with Crippen molar-refractivity contribution in [2.75, 3.05) is 7.11 Å². The highest BCUT2D eigenvalue weighted by molar-refractivity contribution is 5.95. The maximum atomic E-state index is 12.9. The molecule has 3 aromatic carbocycles. The predicted octanol–water partition coefficient (Wildman–Crippen LogP) is 3.81. The van der Waals surface area contributed by atoms with Gasteiger partial charge in [-0.05, 0) is 35.7 Å². The van der Waals surface area contributed by atoms with Crippen LogP contribution in [0.3, 0.4) is 0 Å². The molecule has 0 unspecified atom stereocenters. The smallest absolute Gasteiger partial charge is 0.311 e. The topological polar surface area (TPSA) is 105 Å². The Hall–Kier alpha value is -4.19. The molecule has 0 fully saturated rings. The third-order valence-electron chi connectivity index (χ3n) is 5.26. The van der Waals surface area contributed by atoms with Crippen molar-refractivity contribution in [2.24, 2.45) is 11.7 Å². The maximum Gasteiger partial charge on any atom is 0.311 e. The second-order valence-corrected chi connectivity index (χ2v) is 7.58. The van der Waals surface area contributed by atoms with E-state index in [4.69, 9.17) is 15.9 Å². The second kappa shape index (κ2) is 11.4. The van der Waals surface area contributed by atoms with Gasteiger partial charge in [-0.25, -0.2) is 0 Å². The Bertz CT molecular complexity index is 1130. The molecule has 0 saturated heterocycles. The minimum absolute atomic E-state index is 0.0515. The number of nitrogens with two attached hydrogens (primary N) is 1. The van der Waals surface area contributed by atoms with Gasteiger partial charge in [0.2, 0.25) is 0 Å². The van der Waals surface area contributed by atoms with Gasteiger partial charge in [-0.2, -0.15) is 0 Å². The summed E-state index contributed by atoms with van der Waals surface area (Å²) in [7, 11) is 1.33. The highest BCUT2D eigenvalue weighted by Gasteiger charge is 2.29. The van der Waals surface area contributed by atoms with Crippen molar-refractivity contribution >= 4 is 23.8 Å². The molecular formula is C27H27N3O3. The Balaban J connectivity index is 1.94. The first-order chi connectivity index (χ1) is 16.0. The van der Waals surface area contributed by atoms with E-state index in [1.54, 1.807) is 42.5 Å². The molecule has 6 nitrogen and oxygen atoms in total. The number of nitrogen functional groups attached to an aromatic ring is 1. The van der Waals surface area contributed by atoms with Gasteiger partial charge in [0.15, 0.2) is 0 Å². The Morgan fingerprint density at radius 2 is 1.61 bits per heavy atom. The summed E-state index contributed by atoms with van der Waals surface area (Å²) in [6.07, 6.45) is 3.98. The van der Waals surface area contributed by atoms with E-state index in [9.17, 15) is 9.59 Å². The number of carbonyl (C=O) groups is 2. The average Bonchev–Trinajstić information content (AvgIpc) is 2.86. The molecule has 33 heavy (non-hydrogen) atoms. The van der Waals surface area contributed by atoms with Gasteiger partial charge in [0.1, 0.15) is 5.84 Å². The van der Waals surface area contributed by atoms with Gasteiger partial charge < -0.3 is 15.8 Å². The molecule has 0 aromatic heterocycles. The molecule has 0 aliphatic carbocycles. The molecule has 168 valence electrons. The van der Waals surface area contributed by atoms with Gasteiger partial charge in [-0.1, -0.05) is 78.9 Å². The van der Waals surface area contributed by atoms with Crippen LogP contribution in [0.15, 0.2) is 91.0 Å². The lowest BCUT2D eigenvalue weighted by Gasteiger charge is -2.24. The number of amidine groups is 1. The van der Waals surface area contributed by atoms with E-state index in [0.29, 0.717) is 17.5 Å². The van der Waals surface area contributed by atoms with Crippen molar-refractivity contribution in [3.63, 3.8) is 0 Å². The molecule has 3 aromatic rings. The quantitative estimate of drug-likeness (QED) is 0.267. The zero-order chi connectivity index (χ0) is 23.6. The number of hydrogen-bond acceptors (Lipinski definition) is 4. The molecule has 3 rings (SSSR count). The van der Waals surface area contributed by atoms with Gasteiger partial charge in [-0.3, -0.25) is 15.0 Å². The number of hydrogen-bond donors (Lipinski definition) is 3. The number of ether oxygens (including phenoxy) is 1. The number of benzene rings is 3. The zero-order valence-corrected chi connectivity index (χ0v) is 18.4. The van der Waals surface area contributed by atoms with Crippen LogP contribution in [-0.2, 0) is 16.0 Å². The number of nitrogens with one attached hydrogen (secondary N) is 2. The lowest BCUT2D eigenvalue weighted by atomic mass is 9.90. The minimum atomic E-state index is -0.690. The summed E-state index contributed by atoms with van der Waals surface area (Å²) in [6, 6.07) is 25.0. The Morgan fingerprint density at radius 3 is 2.24 bits per heavy atom. The van der Waals surface area contributed by atoms with E-state index in [-0.39, 0.29) is 11.7 Å². The molecule has 2 atom stereocenters. The maximum absolute atomic E-state index is 12.9. The highest BCUT2D eigenvalue weighted by atomic mass is 16.5. The van der Waals surface area contributed by atoms with Crippen LogP contribution in [-0.4, -0.2) is 30.9 Å². The molecule has 6 heteroatoms. The Kier molecular flexibility index (Phi) is 8.13. The number of carbonyl (C=O) groups excluding carboxylic acids is 2. The zero-order valence-electron chi connectivity index (χ0n) is 18.4. The molecule has 0 aliphatic rings. The number of amides is 1. The first kappa shape index (κ1) is 23.5.